The van der Waals surface area contributed by atoms with Crippen molar-refractivity contribution in [2.24, 2.45) is 7.05 Å². The molecule has 0 aromatic carbocycles. The van der Waals surface area contributed by atoms with Gasteiger partial charge in [0.15, 0.2) is 5.78 Å². The molecule has 0 fully saturated rings. The molecule has 0 radical (unpaired) electrons. The summed E-state index contributed by atoms with van der Waals surface area (Å²) in [7, 11) is 1.28. The first-order valence-corrected chi connectivity index (χ1v) is 3.71. The highest BCUT2D eigenvalue weighted by atomic mass is 16.6. The summed E-state index contributed by atoms with van der Waals surface area (Å²) >= 11 is 0. The summed E-state index contributed by atoms with van der Waals surface area (Å²) in [5.41, 5.74) is -0.674. The van der Waals surface area contributed by atoms with Gasteiger partial charge in [-0.05, 0) is 11.8 Å². The van der Waals surface area contributed by atoms with Crippen LogP contribution in [0, 0.1) is 10.1 Å². The van der Waals surface area contributed by atoms with Gasteiger partial charge in [-0.2, -0.15) is 4.57 Å². The summed E-state index contributed by atoms with van der Waals surface area (Å²) in [6, 6.07) is 0. The summed E-state index contributed by atoms with van der Waals surface area (Å²) in [6.07, 6.45) is 0. The highest BCUT2D eigenvalue weighted by Gasteiger charge is 2.23. The predicted molar refractivity (Wildman–Crippen MR) is 44.8 cm³/mol. The third-order valence-corrected chi connectivity index (χ3v) is 1.53. The van der Waals surface area contributed by atoms with Gasteiger partial charge in [0.1, 0.15) is 6.54 Å². The van der Waals surface area contributed by atoms with Crippen LogP contribution in [0.2, 0.25) is 0 Å². The predicted octanol–water partition coefficient (Wildman–Crippen LogP) is -0.921. The fraction of sp³-hybridized carbons (Fsp3) is 0.500. The molecule has 0 saturated carbocycles. The Morgan fingerprint density at radius 1 is 1.64 bits per heavy atom. The van der Waals surface area contributed by atoms with Gasteiger partial charge in [0.25, 0.3) is 0 Å². The molecule has 0 spiro atoms. The Bertz CT molecular complexity index is 443. The maximum Gasteiger partial charge on any atom is 0.460 e. The molecule has 1 aromatic heterocycles. The molecule has 0 saturated heterocycles. The molecule has 0 aliphatic carbocycles. The normalized spacial score (nSPS) is 10.1. The fourth-order valence-corrected chi connectivity index (χ4v) is 0.987. The first kappa shape index (κ1) is 10.1. The first-order valence-electron chi connectivity index (χ1n) is 3.71. The average molecular weight is 200 g/mol. The van der Waals surface area contributed by atoms with Crippen LogP contribution in [0.3, 0.4) is 0 Å². The van der Waals surface area contributed by atoms with Crippen molar-refractivity contribution < 1.29 is 9.72 Å². The standard InChI is InChI=1S/C6H8N4O4/c1-4(11)3-9-5(10(13)14)7-8(2)6(9)12/h3H2,1-2H3. The minimum absolute atomic E-state index is 0.330. The quantitative estimate of drug-likeness (QED) is 0.464. The lowest BCUT2D eigenvalue weighted by molar-refractivity contribution is -0.397. The lowest BCUT2D eigenvalue weighted by atomic mass is 10.4. The molecular weight excluding hydrogens is 192 g/mol. The van der Waals surface area contributed by atoms with Gasteiger partial charge < -0.3 is 10.1 Å². The van der Waals surface area contributed by atoms with Gasteiger partial charge in [-0.1, -0.05) is 0 Å². The molecule has 0 aliphatic heterocycles. The summed E-state index contributed by atoms with van der Waals surface area (Å²) in [5, 5.41) is 13.8. The maximum atomic E-state index is 11.2. The van der Waals surface area contributed by atoms with E-state index in [0.717, 1.165) is 9.25 Å². The van der Waals surface area contributed by atoms with Crippen molar-refractivity contribution >= 4 is 11.7 Å². The third kappa shape index (κ3) is 1.68. The van der Waals surface area contributed by atoms with E-state index in [9.17, 15) is 19.7 Å². The fourth-order valence-electron chi connectivity index (χ4n) is 0.987. The number of ketones is 1. The van der Waals surface area contributed by atoms with Crippen molar-refractivity contribution in [2.75, 3.05) is 0 Å². The monoisotopic (exact) mass is 200 g/mol. The van der Waals surface area contributed by atoms with Crippen molar-refractivity contribution in [3.05, 3.63) is 20.6 Å². The molecule has 1 rings (SSSR count). The van der Waals surface area contributed by atoms with E-state index in [4.69, 9.17) is 0 Å². The number of Topliss-reactive ketones (excluding diaryl/α,β-unsaturated/α-hetero) is 1. The van der Waals surface area contributed by atoms with E-state index in [1.54, 1.807) is 0 Å². The highest BCUT2D eigenvalue weighted by Crippen LogP contribution is 2.02. The van der Waals surface area contributed by atoms with Crippen LogP contribution in [0.25, 0.3) is 0 Å². The molecule has 8 nitrogen and oxygen atoms in total. The van der Waals surface area contributed by atoms with Crippen LogP contribution >= 0.6 is 0 Å². The number of aromatic nitrogens is 3. The van der Waals surface area contributed by atoms with Gasteiger partial charge in [-0.15, -0.1) is 4.68 Å². The van der Waals surface area contributed by atoms with Crippen molar-refractivity contribution in [3.63, 3.8) is 0 Å². The van der Waals surface area contributed by atoms with E-state index in [1.807, 2.05) is 0 Å². The van der Waals surface area contributed by atoms with Crippen molar-refractivity contribution in [3.8, 4) is 0 Å². The Morgan fingerprint density at radius 3 is 2.64 bits per heavy atom. The zero-order valence-corrected chi connectivity index (χ0v) is 7.63. The van der Waals surface area contributed by atoms with Gasteiger partial charge in [0.2, 0.25) is 0 Å². The average Bonchev–Trinajstić information content (AvgIpc) is 2.32. The number of rotatable bonds is 3. The molecule has 1 heterocycles. The molecule has 0 unspecified atom stereocenters. The summed E-state index contributed by atoms with van der Waals surface area (Å²) in [6.45, 7) is 0.909. The Hall–Kier alpha value is -1.99. The summed E-state index contributed by atoms with van der Waals surface area (Å²) in [5.74, 6) is -0.962. The molecule has 76 valence electrons. The second-order valence-electron chi connectivity index (χ2n) is 2.75. The van der Waals surface area contributed by atoms with E-state index in [-0.39, 0.29) is 12.3 Å². The topological polar surface area (TPSA) is 100 Å². The molecule has 0 N–H and O–H groups in total. The van der Waals surface area contributed by atoms with Gasteiger partial charge in [0, 0.05) is 5.10 Å². The third-order valence-electron chi connectivity index (χ3n) is 1.53. The van der Waals surface area contributed by atoms with Gasteiger partial charge in [-0.25, -0.2) is 4.79 Å². The zero-order valence-electron chi connectivity index (χ0n) is 7.63. The molecular formula is C6H8N4O4. The van der Waals surface area contributed by atoms with E-state index in [1.165, 1.54) is 14.0 Å². The summed E-state index contributed by atoms with van der Waals surface area (Å²) < 4.78 is 1.55. The second kappa shape index (κ2) is 3.40. The molecule has 8 heteroatoms. The molecule has 0 atom stereocenters. The molecule has 0 amide bonds. The molecule has 0 bridgehead atoms. The Balaban J connectivity index is 3.30. The number of carbonyl (C=O) groups excluding carboxylic acids is 1. The number of hydrogen-bond donors (Lipinski definition) is 0. The Labute approximate surface area is 77.9 Å². The van der Waals surface area contributed by atoms with Crippen LogP contribution in [0.15, 0.2) is 4.79 Å². The second-order valence-corrected chi connectivity index (χ2v) is 2.75. The minimum Gasteiger partial charge on any atom is -0.390 e. The van der Waals surface area contributed by atoms with Gasteiger partial charge >= 0.3 is 11.6 Å². The Kier molecular flexibility index (Phi) is 2.45. The van der Waals surface area contributed by atoms with Crippen molar-refractivity contribution in [2.45, 2.75) is 13.5 Å². The van der Waals surface area contributed by atoms with E-state index >= 15 is 0 Å². The van der Waals surface area contributed by atoms with E-state index in [2.05, 4.69) is 5.10 Å². The molecule has 0 aliphatic rings. The Morgan fingerprint density at radius 2 is 2.21 bits per heavy atom. The van der Waals surface area contributed by atoms with Crippen LogP contribution in [0.4, 0.5) is 5.95 Å². The summed E-state index contributed by atoms with van der Waals surface area (Å²) in [4.78, 5) is 31.6. The first-order chi connectivity index (χ1) is 6.43. The van der Waals surface area contributed by atoms with Crippen LogP contribution in [-0.4, -0.2) is 25.1 Å². The van der Waals surface area contributed by atoms with Crippen LogP contribution in [0.1, 0.15) is 6.92 Å². The van der Waals surface area contributed by atoms with Crippen molar-refractivity contribution in [1.82, 2.24) is 14.3 Å². The number of nitrogens with zero attached hydrogens (tertiary/aromatic N) is 4. The van der Waals surface area contributed by atoms with Gasteiger partial charge in [-0.3, -0.25) is 4.79 Å². The number of carbonyl (C=O) groups is 1. The maximum absolute atomic E-state index is 11.2. The van der Waals surface area contributed by atoms with E-state index in [0.29, 0.717) is 0 Å². The van der Waals surface area contributed by atoms with Crippen molar-refractivity contribution in [1.29, 1.82) is 0 Å². The number of hydrogen-bond acceptors (Lipinski definition) is 5. The lowest BCUT2D eigenvalue weighted by Crippen LogP contribution is -2.25. The molecule has 1 aromatic rings. The van der Waals surface area contributed by atoms with Crippen LogP contribution in [-0.2, 0) is 18.4 Å². The van der Waals surface area contributed by atoms with E-state index < -0.39 is 16.6 Å². The number of aryl methyl sites for hydroxylation is 1. The number of nitro groups is 1. The largest absolute Gasteiger partial charge is 0.460 e. The lowest BCUT2D eigenvalue weighted by Gasteiger charge is -1.94. The molecule has 14 heavy (non-hydrogen) atoms. The van der Waals surface area contributed by atoms with Gasteiger partial charge in [0.05, 0.1) is 7.05 Å². The SMILES string of the molecule is CC(=O)Cn1c([N+](=O)[O-])nn(C)c1=O. The minimum atomic E-state index is -0.801. The zero-order chi connectivity index (χ0) is 10.9. The van der Waals surface area contributed by atoms with Crippen LogP contribution in [0.5, 0.6) is 0 Å². The smallest absolute Gasteiger partial charge is 0.390 e. The highest BCUT2D eigenvalue weighted by molar-refractivity contribution is 5.75. The van der Waals surface area contributed by atoms with Crippen LogP contribution < -0.4 is 5.69 Å².